The van der Waals surface area contributed by atoms with Gasteiger partial charge in [-0.05, 0) is 55.5 Å². The molecule has 2 aromatic rings. The molecule has 0 aliphatic heterocycles. The number of carbonyl (C=O) groups is 1. The van der Waals surface area contributed by atoms with Crippen molar-refractivity contribution in [2.24, 2.45) is 0 Å². The van der Waals surface area contributed by atoms with E-state index in [0.29, 0.717) is 6.54 Å². The maximum Gasteiger partial charge on any atom is 0.315 e. The van der Waals surface area contributed by atoms with E-state index in [9.17, 15) is 4.79 Å². The largest absolute Gasteiger partial charge is 0.336 e. The Balaban J connectivity index is 1.86. The molecule has 2 rings (SSSR count). The van der Waals surface area contributed by atoms with Crippen LogP contribution in [0.25, 0.3) is 0 Å². The van der Waals surface area contributed by atoms with Gasteiger partial charge in [0.1, 0.15) is 0 Å². The standard InChI is InChI=1S/C16H22N4OS/c1-12(14-6-4-5-8-17-14)19-16(21)18-10-15(20(2)3)13-7-9-22-11-13/h4-9,11-12,15H,10H2,1-3H3,(H2,18,19,21)/t12-,15-/m0/s1. The SMILES string of the molecule is C[C@H](NC(=O)NC[C@@H](c1ccsc1)N(C)C)c1ccccn1. The van der Waals surface area contributed by atoms with Crippen LogP contribution in [0.4, 0.5) is 4.79 Å². The summed E-state index contributed by atoms with van der Waals surface area (Å²) in [6, 6.07) is 7.63. The van der Waals surface area contributed by atoms with Crippen molar-refractivity contribution in [2.75, 3.05) is 20.6 Å². The van der Waals surface area contributed by atoms with Crippen LogP contribution in [0, 0.1) is 0 Å². The van der Waals surface area contributed by atoms with Crippen molar-refractivity contribution < 1.29 is 4.79 Å². The fourth-order valence-electron chi connectivity index (χ4n) is 2.21. The molecule has 0 spiro atoms. The molecule has 0 saturated carbocycles. The van der Waals surface area contributed by atoms with Crippen LogP contribution >= 0.6 is 11.3 Å². The van der Waals surface area contributed by atoms with Crippen molar-refractivity contribution in [3.8, 4) is 0 Å². The maximum absolute atomic E-state index is 12.1. The molecular formula is C16H22N4OS. The van der Waals surface area contributed by atoms with E-state index in [0.717, 1.165) is 5.69 Å². The molecule has 2 heterocycles. The predicted octanol–water partition coefficient (Wildman–Crippen LogP) is 2.81. The Morgan fingerprint density at radius 1 is 1.36 bits per heavy atom. The molecule has 6 heteroatoms. The molecule has 5 nitrogen and oxygen atoms in total. The molecule has 0 fully saturated rings. The fraction of sp³-hybridized carbons (Fsp3) is 0.375. The minimum atomic E-state index is -0.180. The van der Waals surface area contributed by atoms with E-state index in [2.05, 4.69) is 37.3 Å². The Hall–Kier alpha value is -1.92. The summed E-state index contributed by atoms with van der Waals surface area (Å²) in [5.41, 5.74) is 2.06. The fourth-order valence-corrected chi connectivity index (χ4v) is 2.91. The van der Waals surface area contributed by atoms with Crippen molar-refractivity contribution in [1.29, 1.82) is 0 Å². The van der Waals surface area contributed by atoms with Crippen molar-refractivity contribution >= 4 is 17.4 Å². The molecule has 118 valence electrons. The quantitative estimate of drug-likeness (QED) is 0.861. The summed E-state index contributed by atoms with van der Waals surface area (Å²) in [4.78, 5) is 18.4. The van der Waals surface area contributed by atoms with E-state index in [1.165, 1.54) is 5.56 Å². The third-order valence-electron chi connectivity index (χ3n) is 3.49. The molecule has 0 saturated heterocycles. The number of carbonyl (C=O) groups excluding carboxylic acids is 1. The molecule has 2 aromatic heterocycles. The lowest BCUT2D eigenvalue weighted by atomic mass is 10.1. The smallest absolute Gasteiger partial charge is 0.315 e. The van der Waals surface area contributed by atoms with Gasteiger partial charge in [-0.3, -0.25) is 4.98 Å². The van der Waals surface area contributed by atoms with Crippen LogP contribution in [0.3, 0.4) is 0 Å². The second-order valence-corrected chi connectivity index (χ2v) is 6.15. The Morgan fingerprint density at radius 3 is 2.77 bits per heavy atom. The van der Waals surface area contributed by atoms with E-state index in [1.807, 2.05) is 39.2 Å². The highest BCUT2D eigenvalue weighted by Gasteiger charge is 2.16. The molecule has 2 N–H and O–H groups in total. The van der Waals surface area contributed by atoms with Gasteiger partial charge in [-0.25, -0.2) is 4.79 Å². The maximum atomic E-state index is 12.1. The van der Waals surface area contributed by atoms with Gasteiger partial charge in [0.05, 0.1) is 17.8 Å². The topological polar surface area (TPSA) is 57.3 Å². The van der Waals surface area contributed by atoms with Crippen LogP contribution in [0.15, 0.2) is 41.2 Å². The summed E-state index contributed by atoms with van der Waals surface area (Å²) in [6.07, 6.45) is 1.73. The second-order valence-electron chi connectivity index (χ2n) is 5.37. The normalized spacial score (nSPS) is 13.6. The molecule has 22 heavy (non-hydrogen) atoms. The third kappa shape index (κ3) is 4.54. The summed E-state index contributed by atoms with van der Waals surface area (Å²) in [5.74, 6) is 0. The zero-order valence-electron chi connectivity index (χ0n) is 13.1. The van der Waals surface area contributed by atoms with Gasteiger partial charge in [-0.2, -0.15) is 11.3 Å². The van der Waals surface area contributed by atoms with Gasteiger partial charge in [0.15, 0.2) is 0 Å². The van der Waals surface area contributed by atoms with Crippen LogP contribution < -0.4 is 10.6 Å². The Kier molecular flexibility index (Phi) is 5.91. The highest BCUT2D eigenvalue weighted by atomic mass is 32.1. The first-order chi connectivity index (χ1) is 10.6. The van der Waals surface area contributed by atoms with Crippen molar-refractivity contribution in [3.63, 3.8) is 0 Å². The first-order valence-corrected chi connectivity index (χ1v) is 8.16. The first kappa shape index (κ1) is 16.5. The molecule has 2 amide bonds. The number of pyridine rings is 1. The molecule has 0 bridgehead atoms. The van der Waals surface area contributed by atoms with Crippen LogP contribution in [-0.2, 0) is 0 Å². The number of rotatable bonds is 6. The van der Waals surface area contributed by atoms with E-state index in [4.69, 9.17) is 0 Å². The summed E-state index contributed by atoms with van der Waals surface area (Å²) in [6.45, 7) is 2.48. The number of likely N-dealkylation sites (N-methyl/N-ethyl adjacent to an activating group) is 1. The van der Waals surface area contributed by atoms with Gasteiger partial charge in [0, 0.05) is 12.7 Å². The van der Waals surface area contributed by atoms with E-state index in [1.54, 1.807) is 17.5 Å². The average Bonchev–Trinajstić information content (AvgIpc) is 3.02. The molecule has 0 aromatic carbocycles. The second kappa shape index (κ2) is 7.91. The molecule has 0 aliphatic rings. The average molecular weight is 318 g/mol. The lowest BCUT2D eigenvalue weighted by Crippen LogP contribution is -2.41. The highest BCUT2D eigenvalue weighted by Crippen LogP contribution is 2.19. The van der Waals surface area contributed by atoms with Crippen molar-refractivity contribution in [3.05, 3.63) is 52.5 Å². The Bertz CT molecular complexity index is 571. The number of hydrogen-bond donors (Lipinski definition) is 2. The lowest BCUT2D eigenvalue weighted by Gasteiger charge is -2.24. The lowest BCUT2D eigenvalue weighted by molar-refractivity contribution is 0.230. The molecule has 0 aliphatic carbocycles. The zero-order chi connectivity index (χ0) is 15.9. The van der Waals surface area contributed by atoms with E-state index >= 15 is 0 Å². The Labute approximate surface area is 135 Å². The van der Waals surface area contributed by atoms with Gasteiger partial charge >= 0.3 is 6.03 Å². The van der Waals surface area contributed by atoms with Crippen LogP contribution in [0.1, 0.15) is 30.3 Å². The van der Waals surface area contributed by atoms with Crippen LogP contribution in [-0.4, -0.2) is 36.6 Å². The minimum Gasteiger partial charge on any atom is -0.336 e. The first-order valence-electron chi connectivity index (χ1n) is 7.21. The van der Waals surface area contributed by atoms with Gasteiger partial charge in [0.25, 0.3) is 0 Å². The van der Waals surface area contributed by atoms with E-state index in [-0.39, 0.29) is 18.1 Å². The van der Waals surface area contributed by atoms with Gasteiger partial charge in [0.2, 0.25) is 0 Å². The summed E-state index contributed by atoms with van der Waals surface area (Å²) in [5, 5.41) is 10.0. The zero-order valence-corrected chi connectivity index (χ0v) is 13.9. The number of nitrogens with one attached hydrogen (secondary N) is 2. The highest BCUT2D eigenvalue weighted by molar-refractivity contribution is 7.07. The number of nitrogens with zero attached hydrogens (tertiary/aromatic N) is 2. The third-order valence-corrected chi connectivity index (χ3v) is 4.19. The molecule has 2 atom stereocenters. The molecule has 0 unspecified atom stereocenters. The molecule has 0 radical (unpaired) electrons. The number of hydrogen-bond acceptors (Lipinski definition) is 4. The van der Waals surface area contributed by atoms with Crippen molar-refractivity contribution in [2.45, 2.75) is 19.0 Å². The van der Waals surface area contributed by atoms with E-state index < -0.39 is 0 Å². The number of urea groups is 1. The van der Waals surface area contributed by atoms with Crippen molar-refractivity contribution in [1.82, 2.24) is 20.5 Å². The number of amides is 2. The van der Waals surface area contributed by atoms with Crippen LogP contribution in [0.5, 0.6) is 0 Å². The Morgan fingerprint density at radius 2 is 2.18 bits per heavy atom. The number of aromatic nitrogens is 1. The minimum absolute atomic E-state index is 0.125. The summed E-state index contributed by atoms with van der Waals surface area (Å²) >= 11 is 1.66. The van der Waals surface area contributed by atoms with Crippen LogP contribution in [0.2, 0.25) is 0 Å². The van der Waals surface area contributed by atoms with Gasteiger partial charge < -0.3 is 15.5 Å². The number of thiophene rings is 1. The monoisotopic (exact) mass is 318 g/mol. The summed E-state index contributed by atoms with van der Waals surface area (Å²) in [7, 11) is 4.02. The predicted molar refractivity (Wildman–Crippen MR) is 89.9 cm³/mol. The van der Waals surface area contributed by atoms with Gasteiger partial charge in [-0.15, -0.1) is 0 Å². The molecular weight excluding hydrogens is 296 g/mol. The van der Waals surface area contributed by atoms with Gasteiger partial charge in [-0.1, -0.05) is 6.07 Å². The summed E-state index contributed by atoms with van der Waals surface area (Å²) < 4.78 is 0.